The summed E-state index contributed by atoms with van der Waals surface area (Å²) in [5.41, 5.74) is 0.988. The van der Waals surface area contributed by atoms with Gasteiger partial charge in [-0.3, -0.25) is 4.79 Å². The Kier molecular flexibility index (Phi) is 10.3. The minimum atomic E-state index is -0.0457. The zero-order valence-electron chi connectivity index (χ0n) is 15.5. The molecule has 0 bridgehead atoms. The van der Waals surface area contributed by atoms with Gasteiger partial charge in [0.25, 0.3) is 0 Å². The summed E-state index contributed by atoms with van der Waals surface area (Å²) in [6, 6.07) is 7.67. The molecule has 26 heavy (non-hydrogen) atoms. The van der Waals surface area contributed by atoms with Gasteiger partial charge in [0.15, 0.2) is 5.96 Å². The maximum absolute atomic E-state index is 11.8. The molecule has 8 heteroatoms. The third-order valence-corrected chi connectivity index (χ3v) is 4.52. The highest BCUT2D eigenvalue weighted by Crippen LogP contribution is 2.22. The molecule has 1 heterocycles. The van der Waals surface area contributed by atoms with Gasteiger partial charge in [0.2, 0.25) is 5.91 Å². The number of aliphatic imine (C=N–C) groups is 1. The number of ether oxygens (including phenoxy) is 1. The second-order valence-corrected chi connectivity index (χ2v) is 6.86. The van der Waals surface area contributed by atoms with Crippen LogP contribution >= 0.6 is 35.6 Å². The van der Waals surface area contributed by atoms with Crippen LogP contribution in [-0.2, 0) is 9.53 Å². The lowest BCUT2D eigenvalue weighted by atomic mass is 10.1. The first-order valence-electron chi connectivity index (χ1n) is 8.54. The van der Waals surface area contributed by atoms with Gasteiger partial charge in [-0.25, -0.2) is 4.99 Å². The molecule has 1 saturated heterocycles. The van der Waals surface area contributed by atoms with Gasteiger partial charge < -0.3 is 20.3 Å². The third-order valence-electron chi connectivity index (χ3n) is 4.18. The fourth-order valence-corrected chi connectivity index (χ4v) is 2.83. The molecule has 146 valence electrons. The summed E-state index contributed by atoms with van der Waals surface area (Å²) in [6.07, 6.45) is 1.04. The van der Waals surface area contributed by atoms with Crippen LogP contribution in [0.3, 0.4) is 0 Å². The Morgan fingerprint density at radius 1 is 1.42 bits per heavy atom. The van der Waals surface area contributed by atoms with Crippen LogP contribution in [0.25, 0.3) is 0 Å². The first kappa shape index (κ1) is 23.0. The summed E-state index contributed by atoms with van der Waals surface area (Å²) in [5, 5.41) is 7.36. The van der Waals surface area contributed by atoms with E-state index in [0.29, 0.717) is 16.9 Å². The number of guanidine groups is 1. The van der Waals surface area contributed by atoms with Gasteiger partial charge in [-0.1, -0.05) is 29.8 Å². The molecule has 6 nitrogen and oxygen atoms in total. The number of carbonyl (C=O) groups excluding carboxylic acids is 1. The fraction of sp³-hybridized carbons (Fsp3) is 0.556. The molecule has 0 aliphatic carbocycles. The molecular formula is C18H28ClIN4O2. The van der Waals surface area contributed by atoms with Crippen molar-refractivity contribution in [1.29, 1.82) is 0 Å². The Hall–Kier alpha value is -1.06. The number of nitrogens with zero attached hydrogens (tertiary/aromatic N) is 2. The smallest absolute Gasteiger partial charge is 0.243 e. The molecule has 0 spiro atoms. The molecule has 1 aromatic carbocycles. The number of likely N-dealkylation sites (N-methyl/N-ethyl adjacent to an activating group) is 1. The van der Waals surface area contributed by atoms with Gasteiger partial charge in [0.1, 0.15) is 6.54 Å². The number of carbonyl (C=O) groups is 1. The van der Waals surface area contributed by atoms with Gasteiger partial charge in [-0.15, -0.1) is 24.0 Å². The molecule has 1 aliphatic rings. The maximum Gasteiger partial charge on any atom is 0.243 e. The van der Waals surface area contributed by atoms with Gasteiger partial charge in [-0.2, -0.15) is 0 Å². The van der Waals surface area contributed by atoms with Crippen molar-refractivity contribution >= 4 is 47.4 Å². The van der Waals surface area contributed by atoms with E-state index >= 15 is 0 Å². The first-order valence-corrected chi connectivity index (χ1v) is 8.92. The summed E-state index contributed by atoms with van der Waals surface area (Å²) < 4.78 is 5.41. The quantitative estimate of drug-likeness (QED) is 0.363. The predicted molar refractivity (Wildman–Crippen MR) is 116 cm³/mol. The molecule has 1 aliphatic heterocycles. The monoisotopic (exact) mass is 494 g/mol. The van der Waals surface area contributed by atoms with E-state index < -0.39 is 0 Å². The standard InChI is InChI=1S/C18H27ClN4O2.HI/c1-13(15-6-4-5-7-16(15)19)22-18(21-11-17(24)23(2)3)20-10-14-8-9-25-12-14;/h4-7,13-14H,8-12H2,1-3H3,(H2,20,21,22);1H. The van der Waals surface area contributed by atoms with Crippen LogP contribution in [0.4, 0.5) is 0 Å². The highest BCUT2D eigenvalue weighted by atomic mass is 127. The van der Waals surface area contributed by atoms with E-state index in [9.17, 15) is 4.79 Å². The topological polar surface area (TPSA) is 66.0 Å². The summed E-state index contributed by atoms with van der Waals surface area (Å²) in [6.45, 7) is 4.44. The first-order chi connectivity index (χ1) is 12.0. The van der Waals surface area contributed by atoms with Crippen molar-refractivity contribution in [1.82, 2.24) is 15.5 Å². The Balaban J connectivity index is 0.00000338. The molecule has 0 aromatic heterocycles. The van der Waals surface area contributed by atoms with Crippen LogP contribution in [0, 0.1) is 5.92 Å². The number of rotatable bonds is 6. The number of nitrogens with one attached hydrogen (secondary N) is 2. The number of amides is 1. The lowest BCUT2D eigenvalue weighted by molar-refractivity contribution is -0.127. The van der Waals surface area contributed by atoms with Crippen LogP contribution in [0.2, 0.25) is 5.02 Å². The number of halogens is 2. The average Bonchev–Trinajstić information content (AvgIpc) is 3.10. The number of benzene rings is 1. The van der Waals surface area contributed by atoms with E-state index in [0.717, 1.165) is 31.7 Å². The molecule has 2 rings (SSSR count). The minimum absolute atomic E-state index is 0. The van der Waals surface area contributed by atoms with Gasteiger partial charge in [-0.05, 0) is 25.0 Å². The van der Waals surface area contributed by atoms with Crippen molar-refractivity contribution in [3.63, 3.8) is 0 Å². The van der Waals surface area contributed by atoms with Gasteiger partial charge in [0.05, 0.1) is 12.6 Å². The molecule has 1 amide bonds. The van der Waals surface area contributed by atoms with Crippen LogP contribution in [-0.4, -0.2) is 57.2 Å². The molecular weight excluding hydrogens is 467 g/mol. The van der Waals surface area contributed by atoms with Crippen molar-refractivity contribution in [2.75, 3.05) is 40.4 Å². The molecule has 2 unspecified atom stereocenters. The van der Waals surface area contributed by atoms with Crippen molar-refractivity contribution in [2.24, 2.45) is 10.9 Å². The minimum Gasteiger partial charge on any atom is -0.381 e. The molecule has 0 saturated carbocycles. The summed E-state index contributed by atoms with van der Waals surface area (Å²) in [7, 11) is 3.45. The Bertz CT molecular complexity index is 607. The lowest BCUT2D eigenvalue weighted by Crippen LogP contribution is -2.42. The number of hydrogen-bond donors (Lipinski definition) is 2. The van der Waals surface area contributed by atoms with E-state index in [4.69, 9.17) is 16.3 Å². The van der Waals surface area contributed by atoms with Crippen LogP contribution < -0.4 is 10.6 Å². The van der Waals surface area contributed by atoms with E-state index in [1.54, 1.807) is 14.1 Å². The maximum atomic E-state index is 11.8. The highest BCUT2D eigenvalue weighted by molar-refractivity contribution is 14.0. The fourth-order valence-electron chi connectivity index (χ4n) is 2.54. The summed E-state index contributed by atoms with van der Waals surface area (Å²) in [4.78, 5) is 17.8. The van der Waals surface area contributed by atoms with Gasteiger partial charge >= 0.3 is 0 Å². The Labute approximate surface area is 177 Å². The van der Waals surface area contributed by atoms with E-state index in [1.165, 1.54) is 4.90 Å². The largest absolute Gasteiger partial charge is 0.381 e. The van der Waals surface area contributed by atoms with Gasteiger partial charge in [0, 0.05) is 38.2 Å². The van der Waals surface area contributed by atoms with Crippen molar-refractivity contribution < 1.29 is 9.53 Å². The average molecular weight is 495 g/mol. The van der Waals surface area contributed by atoms with Crippen LogP contribution in [0.1, 0.15) is 24.9 Å². The van der Waals surface area contributed by atoms with Crippen molar-refractivity contribution in [2.45, 2.75) is 19.4 Å². The Morgan fingerprint density at radius 3 is 2.77 bits per heavy atom. The van der Waals surface area contributed by atoms with Crippen LogP contribution in [0.5, 0.6) is 0 Å². The Morgan fingerprint density at radius 2 is 2.15 bits per heavy atom. The highest BCUT2D eigenvalue weighted by Gasteiger charge is 2.17. The second kappa shape index (κ2) is 11.6. The summed E-state index contributed by atoms with van der Waals surface area (Å²) >= 11 is 6.27. The van der Waals surface area contributed by atoms with E-state index in [2.05, 4.69) is 15.6 Å². The van der Waals surface area contributed by atoms with E-state index in [1.807, 2.05) is 31.2 Å². The second-order valence-electron chi connectivity index (χ2n) is 6.45. The predicted octanol–water partition coefficient (Wildman–Crippen LogP) is 2.68. The van der Waals surface area contributed by atoms with Crippen molar-refractivity contribution in [3.05, 3.63) is 34.9 Å². The van der Waals surface area contributed by atoms with E-state index in [-0.39, 0.29) is 42.5 Å². The SMILES string of the molecule is CC(NC(=NCC(=O)N(C)C)NCC1CCOC1)c1ccccc1Cl.I. The zero-order chi connectivity index (χ0) is 18.2. The molecule has 1 fully saturated rings. The number of hydrogen-bond acceptors (Lipinski definition) is 3. The molecule has 0 radical (unpaired) electrons. The molecule has 1 aromatic rings. The van der Waals surface area contributed by atoms with Crippen LogP contribution in [0.15, 0.2) is 29.3 Å². The third kappa shape index (κ3) is 7.28. The molecule has 2 atom stereocenters. The zero-order valence-corrected chi connectivity index (χ0v) is 18.6. The lowest BCUT2D eigenvalue weighted by Gasteiger charge is -2.21. The molecule has 2 N–H and O–H groups in total. The normalized spacial score (nSPS) is 18.0. The summed E-state index contributed by atoms with van der Waals surface area (Å²) in [5.74, 6) is 1.03. The van der Waals surface area contributed by atoms with Crippen molar-refractivity contribution in [3.8, 4) is 0 Å².